The van der Waals surface area contributed by atoms with E-state index in [4.69, 9.17) is 20.5 Å². The summed E-state index contributed by atoms with van der Waals surface area (Å²) in [6.07, 6.45) is 0. The van der Waals surface area contributed by atoms with Crippen LogP contribution in [0.3, 0.4) is 0 Å². The summed E-state index contributed by atoms with van der Waals surface area (Å²) in [5.41, 5.74) is 2.38. The minimum absolute atomic E-state index is 0.540. The molecule has 2 nitrogen and oxygen atoms in total. The average molecular weight is 230 g/mol. The molecule has 0 aliphatic rings. The molecule has 0 aliphatic carbocycles. The second kappa shape index (κ2) is 6.19. The lowest BCUT2D eigenvalue weighted by atomic mass is 10.1. The van der Waals surface area contributed by atoms with Gasteiger partial charge in [-0.3, -0.25) is 0 Å². The number of rotatable bonds is 5. The Labute approximate surface area is 91.6 Å². The first-order valence-electron chi connectivity index (χ1n) is 4.38. The smallest absolute Gasteiger partial charge is 0.388 e. The lowest BCUT2D eigenvalue weighted by Gasteiger charge is -2.11. The molecule has 0 saturated carbocycles. The van der Waals surface area contributed by atoms with Crippen molar-refractivity contribution in [2.24, 2.45) is 0 Å². The first kappa shape index (κ1) is 11.7. The Morgan fingerprint density at radius 2 is 1.71 bits per heavy atom. The van der Waals surface area contributed by atoms with Gasteiger partial charge >= 0.3 is 9.28 Å². The van der Waals surface area contributed by atoms with E-state index in [1.165, 1.54) is 5.56 Å². The van der Waals surface area contributed by atoms with E-state index in [1.807, 2.05) is 18.2 Å². The molecule has 0 amide bonds. The topological polar surface area (TPSA) is 18.5 Å². The largest absolute Gasteiger partial charge is 0.397 e. The maximum absolute atomic E-state index is 5.83. The third-order valence-corrected chi connectivity index (χ3v) is 3.92. The first-order chi connectivity index (χ1) is 6.81. The molecular weight excluding hydrogens is 216 g/mol. The molecule has 4 heteroatoms. The number of halogens is 1. The molecule has 0 saturated heterocycles. The van der Waals surface area contributed by atoms with Gasteiger partial charge in [-0.2, -0.15) is 0 Å². The van der Waals surface area contributed by atoms with E-state index in [9.17, 15) is 0 Å². The molecule has 0 unspecified atom stereocenters. The molecule has 0 atom stereocenters. The molecule has 0 aromatic heterocycles. The molecule has 77 valence electrons. The molecular formula is C10H14ClO2Si. The van der Waals surface area contributed by atoms with Crippen LogP contribution in [-0.4, -0.2) is 23.5 Å². The van der Waals surface area contributed by atoms with Crippen LogP contribution in [0.5, 0.6) is 0 Å². The summed E-state index contributed by atoms with van der Waals surface area (Å²) >= 11 is 5.83. The van der Waals surface area contributed by atoms with Gasteiger partial charge in [-0.05, 0) is 11.1 Å². The zero-order valence-corrected chi connectivity index (χ0v) is 10.2. The highest BCUT2D eigenvalue weighted by atomic mass is 35.5. The van der Waals surface area contributed by atoms with Crippen molar-refractivity contribution in [2.45, 2.75) is 11.9 Å². The van der Waals surface area contributed by atoms with Crippen molar-refractivity contribution in [1.82, 2.24) is 0 Å². The van der Waals surface area contributed by atoms with E-state index >= 15 is 0 Å². The number of alkyl halides is 1. The van der Waals surface area contributed by atoms with Gasteiger partial charge < -0.3 is 8.85 Å². The number of benzene rings is 1. The zero-order valence-electron chi connectivity index (χ0n) is 8.42. The van der Waals surface area contributed by atoms with E-state index in [-0.39, 0.29) is 0 Å². The van der Waals surface area contributed by atoms with Crippen molar-refractivity contribution < 1.29 is 8.85 Å². The Balaban J connectivity index is 2.74. The van der Waals surface area contributed by atoms with E-state index in [0.29, 0.717) is 5.88 Å². The number of hydrogen-bond donors (Lipinski definition) is 0. The van der Waals surface area contributed by atoms with Gasteiger partial charge in [0.2, 0.25) is 0 Å². The Morgan fingerprint density at radius 3 is 2.21 bits per heavy atom. The van der Waals surface area contributed by atoms with Crippen molar-refractivity contribution >= 4 is 20.9 Å². The Bertz CT molecular complexity index is 277. The molecule has 0 heterocycles. The van der Waals surface area contributed by atoms with Gasteiger partial charge in [0.15, 0.2) is 0 Å². The van der Waals surface area contributed by atoms with Gasteiger partial charge in [0.05, 0.1) is 0 Å². The molecule has 1 rings (SSSR count). The van der Waals surface area contributed by atoms with Crippen LogP contribution in [0.25, 0.3) is 0 Å². The highest BCUT2D eigenvalue weighted by Crippen LogP contribution is 2.13. The van der Waals surface area contributed by atoms with Crippen molar-refractivity contribution in [3.05, 3.63) is 35.4 Å². The van der Waals surface area contributed by atoms with Crippen LogP contribution in [0.2, 0.25) is 0 Å². The van der Waals surface area contributed by atoms with E-state index in [0.717, 1.165) is 11.6 Å². The predicted molar refractivity (Wildman–Crippen MR) is 59.5 cm³/mol. The Kier molecular flexibility index (Phi) is 5.18. The van der Waals surface area contributed by atoms with Gasteiger partial charge in [0.1, 0.15) is 0 Å². The lowest BCUT2D eigenvalue weighted by molar-refractivity contribution is 0.277. The molecule has 14 heavy (non-hydrogen) atoms. The minimum atomic E-state index is -1.17. The maximum atomic E-state index is 5.83. The van der Waals surface area contributed by atoms with Crippen LogP contribution in [0.4, 0.5) is 0 Å². The summed E-state index contributed by atoms with van der Waals surface area (Å²) in [6.45, 7) is 0. The van der Waals surface area contributed by atoms with Crippen molar-refractivity contribution in [1.29, 1.82) is 0 Å². The summed E-state index contributed by atoms with van der Waals surface area (Å²) in [7, 11) is 2.20. The molecule has 1 aromatic carbocycles. The summed E-state index contributed by atoms with van der Waals surface area (Å²) in [5.74, 6) is 0.540. The standard InChI is InChI=1S/C10H14ClO2Si/c1-12-14(13-2)8-10-6-4-3-5-9(10)7-11/h3-6H,7-8H2,1-2H3. The molecule has 1 aromatic rings. The van der Waals surface area contributed by atoms with Crippen molar-refractivity contribution in [2.75, 3.05) is 14.2 Å². The fourth-order valence-corrected chi connectivity index (χ4v) is 2.62. The zero-order chi connectivity index (χ0) is 10.4. The summed E-state index contributed by atoms with van der Waals surface area (Å²) in [6, 6.07) is 8.94. The van der Waals surface area contributed by atoms with Crippen LogP contribution in [0, 0.1) is 0 Å². The summed E-state index contributed by atoms with van der Waals surface area (Å²) in [4.78, 5) is 0. The SMILES string of the molecule is CO[Si](Cc1ccccc1CCl)OC. The first-order valence-corrected chi connectivity index (χ1v) is 6.44. The third kappa shape index (κ3) is 3.10. The molecule has 0 spiro atoms. The Hall–Kier alpha value is -0.353. The normalized spacial score (nSPS) is 10.9. The van der Waals surface area contributed by atoms with Gasteiger partial charge in [-0.1, -0.05) is 24.3 Å². The van der Waals surface area contributed by atoms with E-state index in [2.05, 4.69) is 6.07 Å². The van der Waals surface area contributed by atoms with E-state index in [1.54, 1.807) is 14.2 Å². The maximum Gasteiger partial charge on any atom is 0.388 e. The monoisotopic (exact) mass is 229 g/mol. The van der Waals surface area contributed by atoms with Gasteiger partial charge in [-0.25, -0.2) is 0 Å². The quantitative estimate of drug-likeness (QED) is 0.570. The summed E-state index contributed by atoms with van der Waals surface area (Å²) < 4.78 is 10.5. The van der Waals surface area contributed by atoms with Crippen molar-refractivity contribution in [3.63, 3.8) is 0 Å². The molecule has 0 fully saturated rings. The highest BCUT2D eigenvalue weighted by Gasteiger charge is 2.14. The second-order valence-corrected chi connectivity index (χ2v) is 5.04. The van der Waals surface area contributed by atoms with Crippen LogP contribution in [0.1, 0.15) is 11.1 Å². The van der Waals surface area contributed by atoms with Gasteiger partial charge in [0, 0.05) is 26.1 Å². The van der Waals surface area contributed by atoms with Crippen LogP contribution < -0.4 is 0 Å². The fourth-order valence-electron chi connectivity index (χ4n) is 1.24. The molecule has 1 radical (unpaired) electrons. The summed E-state index contributed by atoms with van der Waals surface area (Å²) in [5, 5.41) is 0. The molecule has 0 N–H and O–H groups in total. The van der Waals surface area contributed by atoms with Crippen molar-refractivity contribution in [3.8, 4) is 0 Å². The third-order valence-electron chi connectivity index (χ3n) is 2.05. The fraction of sp³-hybridized carbons (Fsp3) is 0.400. The van der Waals surface area contributed by atoms with E-state index < -0.39 is 9.28 Å². The highest BCUT2D eigenvalue weighted by molar-refractivity contribution is 6.43. The Morgan fingerprint density at radius 1 is 1.14 bits per heavy atom. The van der Waals surface area contributed by atoms with Gasteiger partial charge in [-0.15, -0.1) is 11.6 Å². The van der Waals surface area contributed by atoms with Crippen LogP contribution >= 0.6 is 11.6 Å². The second-order valence-electron chi connectivity index (χ2n) is 2.86. The van der Waals surface area contributed by atoms with Gasteiger partial charge in [0.25, 0.3) is 0 Å². The predicted octanol–water partition coefficient (Wildman–Crippen LogP) is 2.29. The molecule has 0 aliphatic heterocycles. The average Bonchev–Trinajstić information content (AvgIpc) is 2.26. The van der Waals surface area contributed by atoms with Crippen LogP contribution in [0.15, 0.2) is 24.3 Å². The lowest BCUT2D eigenvalue weighted by Crippen LogP contribution is -2.23. The number of hydrogen-bond acceptors (Lipinski definition) is 2. The molecule has 0 bridgehead atoms. The minimum Gasteiger partial charge on any atom is -0.397 e. The van der Waals surface area contributed by atoms with Crippen LogP contribution in [-0.2, 0) is 20.8 Å².